The molecule has 90 valence electrons. The molecule has 3 rings (SSSR count). The Kier molecular flexibility index (Phi) is 3.07. The minimum Gasteiger partial charge on any atom is -0.361 e. The minimum absolute atomic E-state index is 0.0384. The van der Waals surface area contributed by atoms with E-state index in [9.17, 15) is 0 Å². The van der Waals surface area contributed by atoms with Crippen molar-refractivity contribution in [3.8, 4) is 0 Å². The number of nitrogens with zero attached hydrogens (tertiary/aromatic N) is 1. The predicted octanol–water partition coefficient (Wildman–Crippen LogP) is 2.21. The Morgan fingerprint density at radius 2 is 2.18 bits per heavy atom. The zero-order valence-electron chi connectivity index (χ0n) is 9.80. The molecule has 1 saturated carbocycles. The Morgan fingerprint density at radius 3 is 2.88 bits per heavy atom. The smallest absolute Gasteiger partial charge is 0.160 e. The topological polar surface area (TPSA) is 33.6 Å². The van der Waals surface area contributed by atoms with E-state index in [4.69, 9.17) is 4.74 Å². The molecule has 0 amide bonds. The van der Waals surface area contributed by atoms with Crippen molar-refractivity contribution in [3.63, 3.8) is 0 Å². The minimum atomic E-state index is 0.0384. The molecule has 0 spiro atoms. The van der Waals surface area contributed by atoms with E-state index in [1.807, 2.05) is 0 Å². The first-order valence-corrected chi connectivity index (χ1v) is 6.90. The number of benzene rings is 1. The van der Waals surface area contributed by atoms with Gasteiger partial charge in [-0.3, -0.25) is 0 Å². The number of amidine groups is 1. The lowest BCUT2D eigenvalue weighted by molar-refractivity contribution is 0.132. The molecule has 1 aliphatic carbocycles. The van der Waals surface area contributed by atoms with Crippen LogP contribution >= 0.6 is 11.8 Å². The number of hydrogen-bond donors (Lipinski definition) is 1. The molecule has 1 aromatic rings. The van der Waals surface area contributed by atoms with Gasteiger partial charge in [-0.15, -0.1) is 0 Å². The normalized spacial score (nSPS) is 31.1. The third kappa shape index (κ3) is 2.48. The molecule has 1 heterocycles. The van der Waals surface area contributed by atoms with Gasteiger partial charge in [0, 0.05) is 24.8 Å². The highest BCUT2D eigenvalue weighted by atomic mass is 32.2. The fraction of sp³-hybridized carbons (Fsp3) is 0.462. The Morgan fingerprint density at radius 1 is 1.35 bits per heavy atom. The van der Waals surface area contributed by atoms with Gasteiger partial charge in [0.25, 0.3) is 0 Å². The molecule has 0 aromatic heterocycles. The summed E-state index contributed by atoms with van der Waals surface area (Å²) >= 11 is 1.75. The summed E-state index contributed by atoms with van der Waals surface area (Å²) in [6.45, 7) is 0. The third-order valence-electron chi connectivity index (χ3n) is 3.22. The van der Waals surface area contributed by atoms with Crippen LogP contribution < -0.4 is 5.32 Å². The number of rotatable bonds is 3. The number of ether oxygens (including phenoxy) is 1. The predicted molar refractivity (Wildman–Crippen MR) is 71.4 cm³/mol. The van der Waals surface area contributed by atoms with Crippen molar-refractivity contribution in [2.45, 2.75) is 24.6 Å². The summed E-state index contributed by atoms with van der Waals surface area (Å²) in [7, 11) is 1.71. The van der Waals surface area contributed by atoms with Crippen molar-refractivity contribution in [2.24, 2.45) is 4.99 Å². The highest BCUT2D eigenvalue weighted by Crippen LogP contribution is 2.41. The second-order valence-electron chi connectivity index (χ2n) is 4.44. The molecule has 1 fully saturated rings. The molecule has 0 bridgehead atoms. The lowest BCUT2D eigenvalue weighted by Gasteiger charge is -2.04. The molecule has 1 aromatic carbocycles. The van der Waals surface area contributed by atoms with Crippen molar-refractivity contribution in [2.75, 3.05) is 12.9 Å². The second-order valence-corrected chi connectivity index (χ2v) is 5.45. The van der Waals surface area contributed by atoms with Crippen molar-refractivity contribution in [1.29, 1.82) is 0 Å². The molecule has 2 unspecified atom stereocenters. The molecule has 17 heavy (non-hydrogen) atoms. The van der Waals surface area contributed by atoms with Gasteiger partial charge in [0.2, 0.25) is 0 Å². The Labute approximate surface area is 106 Å². The van der Waals surface area contributed by atoms with Crippen molar-refractivity contribution in [3.05, 3.63) is 35.9 Å². The van der Waals surface area contributed by atoms with E-state index in [1.165, 1.54) is 12.0 Å². The zero-order chi connectivity index (χ0) is 11.7. The van der Waals surface area contributed by atoms with Gasteiger partial charge in [0.15, 0.2) is 11.4 Å². The van der Waals surface area contributed by atoms with Crippen LogP contribution in [0.15, 0.2) is 35.3 Å². The fourth-order valence-corrected chi connectivity index (χ4v) is 3.07. The largest absolute Gasteiger partial charge is 0.361 e. The second kappa shape index (κ2) is 4.70. The Balaban J connectivity index is 1.56. The van der Waals surface area contributed by atoms with Crippen molar-refractivity contribution < 1.29 is 4.74 Å². The van der Waals surface area contributed by atoms with Crippen LogP contribution in [-0.4, -0.2) is 30.3 Å². The van der Waals surface area contributed by atoms with Gasteiger partial charge in [-0.25, -0.2) is 4.99 Å². The van der Waals surface area contributed by atoms with Crippen LogP contribution in [0.5, 0.6) is 0 Å². The maximum atomic E-state index is 5.21. The van der Waals surface area contributed by atoms with Crippen molar-refractivity contribution in [1.82, 2.24) is 5.32 Å². The zero-order valence-corrected chi connectivity index (χ0v) is 10.6. The quantitative estimate of drug-likeness (QED) is 0.890. The number of methoxy groups -OCH3 is 1. The summed E-state index contributed by atoms with van der Waals surface area (Å²) in [6.07, 6.45) is 1.25. The molecule has 3 atom stereocenters. The molecule has 1 aliphatic heterocycles. The van der Waals surface area contributed by atoms with Gasteiger partial charge in [-0.2, -0.15) is 0 Å². The Hall–Kier alpha value is -1.00. The average Bonchev–Trinajstić information content (AvgIpc) is 2.98. The van der Waals surface area contributed by atoms with E-state index in [-0.39, 0.29) is 6.23 Å². The standard InChI is InChI=1S/C13H16N2OS/c1-16-12-8-17-13(15-12)14-11-7-10(11)9-5-3-2-4-6-9/h2-6,10-12H,7-8H2,1H3,(H,14,15)/t10?,11-,12?/m0/s1. The van der Waals surface area contributed by atoms with Crippen LogP contribution in [0.3, 0.4) is 0 Å². The first kappa shape index (κ1) is 11.1. The summed E-state index contributed by atoms with van der Waals surface area (Å²) in [5.41, 5.74) is 1.43. The van der Waals surface area contributed by atoms with Crippen LogP contribution in [0.1, 0.15) is 17.9 Å². The lowest BCUT2D eigenvalue weighted by atomic mass is 10.1. The van der Waals surface area contributed by atoms with Gasteiger partial charge in [-0.05, 0) is 12.0 Å². The monoisotopic (exact) mass is 248 g/mol. The van der Waals surface area contributed by atoms with Crippen molar-refractivity contribution >= 4 is 16.9 Å². The molecular formula is C13H16N2OS. The maximum Gasteiger partial charge on any atom is 0.160 e. The first-order chi connectivity index (χ1) is 8.36. The van der Waals surface area contributed by atoms with E-state index < -0.39 is 0 Å². The Bertz CT molecular complexity index is 421. The summed E-state index contributed by atoms with van der Waals surface area (Å²) in [5, 5.41) is 4.54. The van der Waals surface area contributed by atoms with E-state index in [1.54, 1.807) is 18.9 Å². The summed E-state index contributed by atoms with van der Waals surface area (Å²) in [4.78, 5) is 4.46. The summed E-state index contributed by atoms with van der Waals surface area (Å²) in [6, 6.07) is 11.2. The molecule has 2 aliphatic rings. The third-order valence-corrected chi connectivity index (χ3v) is 4.17. The van der Waals surface area contributed by atoms with E-state index in [0.717, 1.165) is 10.9 Å². The van der Waals surface area contributed by atoms with Gasteiger partial charge in [-0.1, -0.05) is 42.1 Å². The highest BCUT2D eigenvalue weighted by molar-refractivity contribution is 8.14. The molecular weight excluding hydrogens is 232 g/mol. The maximum absolute atomic E-state index is 5.21. The first-order valence-electron chi connectivity index (χ1n) is 5.91. The van der Waals surface area contributed by atoms with E-state index >= 15 is 0 Å². The fourth-order valence-electron chi connectivity index (χ4n) is 2.14. The highest BCUT2D eigenvalue weighted by Gasteiger charge is 2.39. The van der Waals surface area contributed by atoms with Gasteiger partial charge in [0.05, 0.1) is 0 Å². The number of nitrogens with one attached hydrogen (secondary N) is 1. The van der Waals surface area contributed by atoms with E-state index in [2.05, 4.69) is 40.6 Å². The number of hydrogen-bond acceptors (Lipinski definition) is 4. The number of thioether (sulfide) groups is 1. The number of aliphatic imine (C=N–C) groups is 1. The van der Waals surface area contributed by atoms with Gasteiger partial charge in [0.1, 0.15) is 0 Å². The van der Waals surface area contributed by atoms with Gasteiger partial charge < -0.3 is 10.1 Å². The molecule has 3 nitrogen and oxygen atoms in total. The van der Waals surface area contributed by atoms with Crippen LogP contribution in [0, 0.1) is 0 Å². The van der Waals surface area contributed by atoms with Gasteiger partial charge >= 0.3 is 0 Å². The molecule has 4 heteroatoms. The van der Waals surface area contributed by atoms with Crippen LogP contribution in [0.2, 0.25) is 0 Å². The molecule has 0 saturated heterocycles. The molecule has 1 N–H and O–H groups in total. The molecule has 0 radical (unpaired) electrons. The van der Waals surface area contributed by atoms with Crippen LogP contribution in [0.4, 0.5) is 0 Å². The van der Waals surface area contributed by atoms with E-state index in [0.29, 0.717) is 12.0 Å². The lowest BCUT2D eigenvalue weighted by Crippen LogP contribution is -2.22. The van der Waals surface area contributed by atoms with Crippen LogP contribution in [-0.2, 0) is 4.74 Å². The summed E-state index contributed by atoms with van der Waals surface area (Å²) in [5.74, 6) is 1.59. The SMILES string of the molecule is COC1CSC(N[C@H]2CC2c2ccccc2)=N1. The van der Waals surface area contributed by atoms with Crippen LogP contribution in [0.25, 0.3) is 0 Å². The summed E-state index contributed by atoms with van der Waals surface area (Å²) < 4.78 is 5.21. The average molecular weight is 248 g/mol.